The number of ether oxygens (including phenoxy) is 3. The fourth-order valence-electron chi connectivity index (χ4n) is 6.48. The molecule has 3 aromatic rings. The molecule has 1 aromatic heterocycles. The van der Waals surface area contributed by atoms with Crippen molar-refractivity contribution < 1.29 is 32.2 Å². The topological polar surface area (TPSA) is 57.7 Å². The van der Waals surface area contributed by atoms with Gasteiger partial charge in [-0.05, 0) is 77.5 Å². The zero-order valence-electron chi connectivity index (χ0n) is 21.7. The Morgan fingerprint density at radius 3 is 2.62 bits per heavy atom. The first-order valence-corrected chi connectivity index (χ1v) is 13.4. The third-order valence-corrected chi connectivity index (χ3v) is 8.48. The molecule has 7 rings (SSSR count). The van der Waals surface area contributed by atoms with Crippen molar-refractivity contribution in [3.8, 4) is 5.88 Å². The first kappa shape index (κ1) is 25.9. The number of benzene rings is 2. The van der Waals surface area contributed by atoms with Crippen LogP contribution < -0.4 is 4.74 Å². The normalized spacial score (nSPS) is 23.0. The van der Waals surface area contributed by atoms with Crippen molar-refractivity contribution in [2.45, 2.75) is 56.2 Å². The van der Waals surface area contributed by atoms with Crippen molar-refractivity contribution in [2.75, 3.05) is 19.8 Å². The van der Waals surface area contributed by atoms with Crippen molar-refractivity contribution in [1.29, 1.82) is 0 Å². The number of pyridine rings is 1. The van der Waals surface area contributed by atoms with Gasteiger partial charge in [0.25, 0.3) is 6.47 Å². The van der Waals surface area contributed by atoms with Crippen molar-refractivity contribution in [1.82, 2.24) is 4.98 Å². The molecule has 1 saturated carbocycles. The largest absolute Gasteiger partial charge is 0.473 e. The fourth-order valence-corrected chi connectivity index (χ4v) is 6.48. The zero-order valence-corrected chi connectivity index (χ0v) is 21.7. The highest BCUT2D eigenvalue weighted by atomic mass is 19.4. The zero-order chi connectivity index (χ0) is 27.2. The third kappa shape index (κ3) is 4.80. The highest BCUT2D eigenvalue weighted by Gasteiger charge is 2.51. The Labute approximate surface area is 225 Å². The lowest BCUT2D eigenvalue weighted by molar-refractivity contribution is -0.138. The molecule has 5 nitrogen and oxygen atoms in total. The highest BCUT2D eigenvalue weighted by Crippen LogP contribution is 2.56. The molecule has 2 heterocycles. The Hall–Kier alpha value is -3.39. The maximum atomic E-state index is 13.8. The number of alkyl halides is 3. The number of fused-ring (bicyclic) bond motifs is 5. The molecule has 0 bridgehead atoms. The van der Waals surface area contributed by atoms with Gasteiger partial charge < -0.3 is 14.2 Å². The summed E-state index contributed by atoms with van der Waals surface area (Å²) in [6.45, 7) is 4.12. The molecular weight excluding hydrogens is 507 g/mol. The van der Waals surface area contributed by atoms with E-state index in [4.69, 9.17) is 9.47 Å². The summed E-state index contributed by atoms with van der Waals surface area (Å²) >= 11 is 0. The molecule has 1 aliphatic heterocycles. The van der Waals surface area contributed by atoms with Gasteiger partial charge >= 0.3 is 6.18 Å². The lowest BCUT2D eigenvalue weighted by Gasteiger charge is -2.39. The summed E-state index contributed by atoms with van der Waals surface area (Å²) < 4.78 is 57.2. The first-order valence-electron chi connectivity index (χ1n) is 13.4. The average molecular weight is 538 g/mol. The van der Waals surface area contributed by atoms with Gasteiger partial charge in [-0.3, -0.25) is 4.79 Å². The standard InChI is InChI=1S/C28H24F3NO2.C3H6O2/c29-28(30,31)25-4-2-1-3-19(25)22-11-27(14-33-15-27)24-6-5-16(7-21(22)24)13-34-26-10-18-8-17-9-20(17)23(18)12-32-26;1-2-5-3-4/h1-7,10,12,17,20,22H,8-9,11,13-15H2;3H,2H2,1H3. The van der Waals surface area contributed by atoms with Crippen LogP contribution in [0.15, 0.2) is 54.7 Å². The van der Waals surface area contributed by atoms with E-state index >= 15 is 0 Å². The number of nitrogens with zero attached hydrogens (tertiary/aromatic N) is 1. The molecule has 2 fully saturated rings. The predicted octanol–water partition coefficient (Wildman–Crippen LogP) is 6.32. The minimum Gasteiger partial charge on any atom is -0.473 e. The number of carbonyl (C=O) groups excluding carboxylic acids is 1. The van der Waals surface area contributed by atoms with Gasteiger partial charge in [0, 0.05) is 23.6 Å². The van der Waals surface area contributed by atoms with Gasteiger partial charge in [-0.15, -0.1) is 0 Å². The Balaban J connectivity index is 0.000000510. The van der Waals surface area contributed by atoms with Gasteiger partial charge in [0.15, 0.2) is 0 Å². The number of hydrogen-bond donors (Lipinski definition) is 0. The molecule has 39 heavy (non-hydrogen) atoms. The van der Waals surface area contributed by atoms with Gasteiger partial charge in [0.05, 0.1) is 25.4 Å². The Bertz CT molecular complexity index is 1380. The van der Waals surface area contributed by atoms with Gasteiger partial charge in [-0.1, -0.05) is 36.4 Å². The summed E-state index contributed by atoms with van der Waals surface area (Å²) in [6.07, 6.45) is 0.602. The van der Waals surface area contributed by atoms with Crippen LogP contribution in [0.1, 0.15) is 70.5 Å². The maximum absolute atomic E-state index is 13.8. The summed E-state index contributed by atoms with van der Waals surface area (Å²) in [5, 5.41) is 0. The molecule has 1 saturated heterocycles. The lowest BCUT2D eigenvalue weighted by Crippen LogP contribution is -2.45. The molecule has 0 radical (unpaired) electrons. The average Bonchev–Trinajstić information content (AvgIpc) is 3.44. The smallest absolute Gasteiger partial charge is 0.416 e. The van der Waals surface area contributed by atoms with Crippen LogP contribution in [0, 0.1) is 5.92 Å². The van der Waals surface area contributed by atoms with Crippen LogP contribution in [0.2, 0.25) is 0 Å². The van der Waals surface area contributed by atoms with Crippen LogP contribution in [0.5, 0.6) is 5.88 Å². The number of hydrogen-bond acceptors (Lipinski definition) is 5. The summed E-state index contributed by atoms with van der Waals surface area (Å²) in [5.41, 5.74) is 5.32. The van der Waals surface area contributed by atoms with E-state index in [1.165, 1.54) is 29.7 Å². The highest BCUT2D eigenvalue weighted by molar-refractivity contribution is 5.52. The molecule has 0 amide bonds. The molecule has 2 aromatic carbocycles. The second kappa shape index (κ2) is 9.97. The molecule has 8 heteroatoms. The van der Waals surface area contributed by atoms with Crippen molar-refractivity contribution >= 4 is 6.47 Å². The molecular formula is C31H30F3NO4. The number of halogens is 3. The van der Waals surface area contributed by atoms with E-state index in [1.807, 2.05) is 18.3 Å². The molecule has 3 aliphatic carbocycles. The summed E-state index contributed by atoms with van der Waals surface area (Å²) in [4.78, 5) is 13.7. The van der Waals surface area contributed by atoms with E-state index in [0.717, 1.165) is 29.0 Å². The number of rotatable bonds is 6. The summed E-state index contributed by atoms with van der Waals surface area (Å²) in [5.74, 6) is 1.79. The van der Waals surface area contributed by atoms with Crippen molar-refractivity contribution in [2.24, 2.45) is 5.92 Å². The van der Waals surface area contributed by atoms with E-state index in [1.54, 1.807) is 19.1 Å². The quantitative estimate of drug-likeness (QED) is 0.345. The SMILES string of the molecule is CCOC=O.FC(F)(F)c1ccccc1C1CC2(COC2)c2ccc(COc3cc4c(cn3)C3CC3C4)cc21. The predicted molar refractivity (Wildman–Crippen MR) is 138 cm³/mol. The first-order chi connectivity index (χ1) is 18.8. The van der Waals surface area contributed by atoms with E-state index in [0.29, 0.717) is 56.7 Å². The second-order valence-corrected chi connectivity index (χ2v) is 10.9. The lowest BCUT2D eigenvalue weighted by atomic mass is 9.78. The van der Waals surface area contributed by atoms with Crippen LogP contribution in [-0.2, 0) is 38.9 Å². The third-order valence-electron chi connectivity index (χ3n) is 8.48. The maximum Gasteiger partial charge on any atom is 0.416 e. The van der Waals surface area contributed by atoms with Gasteiger partial charge in [0.1, 0.15) is 6.61 Å². The van der Waals surface area contributed by atoms with Crippen LogP contribution in [0.4, 0.5) is 13.2 Å². The van der Waals surface area contributed by atoms with Crippen molar-refractivity contribution in [3.63, 3.8) is 0 Å². The van der Waals surface area contributed by atoms with E-state index in [-0.39, 0.29) is 11.3 Å². The van der Waals surface area contributed by atoms with E-state index in [2.05, 4.69) is 21.9 Å². The van der Waals surface area contributed by atoms with Gasteiger partial charge in [-0.2, -0.15) is 13.2 Å². The number of carbonyl (C=O) groups is 1. The molecule has 1 spiro atoms. The van der Waals surface area contributed by atoms with Crippen LogP contribution in [0.25, 0.3) is 0 Å². The van der Waals surface area contributed by atoms with Crippen LogP contribution in [0.3, 0.4) is 0 Å². The Morgan fingerprint density at radius 1 is 1.10 bits per heavy atom. The van der Waals surface area contributed by atoms with Crippen LogP contribution >= 0.6 is 0 Å². The fraction of sp³-hybridized carbons (Fsp3) is 0.419. The van der Waals surface area contributed by atoms with E-state index in [9.17, 15) is 18.0 Å². The van der Waals surface area contributed by atoms with Crippen molar-refractivity contribution in [3.05, 3.63) is 93.7 Å². The molecule has 3 unspecified atom stereocenters. The Morgan fingerprint density at radius 2 is 1.92 bits per heavy atom. The molecule has 204 valence electrons. The van der Waals surface area contributed by atoms with Crippen LogP contribution in [-0.4, -0.2) is 31.3 Å². The molecule has 3 atom stereocenters. The molecule has 4 aliphatic rings. The Kier molecular flexibility index (Phi) is 6.61. The minimum absolute atomic E-state index is 0.194. The monoisotopic (exact) mass is 537 g/mol. The van der Waals surface area contributed by atoms with Gasteiger partial charge in [-0.25, -0.2) is 4.98 Å². The summed E-state index contributed by atoms with van der Waals surface area (Å²) in [6, 6.07) is 14.1. The summed E-state index contributed by atoms with van der Waals surface area (Å²) in [7, 11) is 0. The molecule has 0 N–H and O–H groups in total. The van der Waals surface area contributed by atoms with Gasteiger partial charge in [0.2, 0.25) is 5.88 Å². The number of aromatic nitrogens is 1. The minimum atomic E-state index is -4.39. The second-order valence-electron chi connectivity index (χ2n) is 10.9. The van der Waals surface area contributed by atoms with E-state index < -0.39 is 11.7 Å².